The quantitative estimate of drug-likeness (QED) is 0.869. The van der Waals surface area contributed by atoms with E-state index in [2.05, 4.69) is 5.32 Å². The Balaban J connectivity index is 2.93. The van der Waals surface area contributed by atoms with Crippen molar-refractivity contribution in [2.24, 2.45) is 5.41 Å². The summed E-state index contributed by atoms with van der Waals surface area (Å²) in [6, 6.07) is 4.70. The topological polar surface area (TPSA) is 75.6 Å². The van der Waals surface area contributed by atoms with Gasteiger partial charge in [0.15, 0.2) is 0 Å². The van der Waals surface area contributed by atoms with Gasteiger partial charge >= 0.3 is 5.97 Å². The molecule has 0 aliphatic carbocycles. The Morgan fingerprint density at radius 3 is 2.40 bits per heavy atom. The summed E-state index contributed by atoms with van der Waals surface area (Å²) >= 11 is 0. The molecule has 110 valence electrons. The van der Waals surface area contributed by atoms with Crippen molar-refractivity contribution in [3.05, 3.63) is 29.3 Å². The van der Waals surface area contributed by atoms with Gasteiger partial charge in [-0.15, -0.1) is 0 Å². The normalized spacial score (nSPS) is 11.2. The number of carbonyl (C=O) groups is 2. The molecule has 1 aromatic carbocycles. The van der Waals surface area contributed by atoms with Crippen LogP contribution in [0.1, 0.15) is 43.1 Å². The van der Waals surface area contributed by atoms with E-state index in [0.29, 0.717) is 24.3 Å². The van der Waals surface area contributed by atoms with E-state index in [1.807, 2.05) is 20.8 Å². The summed E-state index contributed by atoms with van der Waals surface area (Å²) < 4.78 is 5.00. The number of nitrogens with one attached hydrogen (secondary N) is 1. The van der Waals surface area contributed by atoms with Gasteiger partial charge < -0.3 is 15.2 Å². The van der Waals surface area contributed by atoms with E-state index >= 15 is 0 Å². The summed E-state index contributed by atoms with van der Waals surface area (Å²) in [7, 11) is 1.53. The second kappa shape index (κ2) is 6.52. The van der Waals surface area contributed by atoms with Crippen LogP contribution in [0.15, 0.2) is 18.2 Å². The summed E-state index contributed by atoms with van der Waals surface area (Å²) in [5.41, 5.74) is 1.19. The van der Waals surface area contributed by atoms with Gasteiger partial charge in [-0.05, 0) is 29.2 Å². The maximum atomic E-state index is 11.9. The van der Waals surface area contributed by atoms with Crippen LogP contribution in [0.3, 0.4) is 0 Å². The van der Waals surface area contributed by atoms with Gasteiger partial charge in [0.1, 0.15) is 0 Å². The SMILES string of the molecule is COCc1cc(NC(=O)CC(C)(C)C)cc(C(=O)O)c1. The molecule has 0 fully saturated rings. The number of rotatable bonds is 5. The van der Waals surface area contributed by atoms with E-state index in [9.17, 15) is 9.59 Å². The van der Waals surface area contributed by atoms with Crippen molar-refractivity contribution in [1.82, 2.24) is 0 Å². The van der Waals surface area contributed by atoms with E-state index in [-0.39, 0.29) is 16.9 Å². The van der Waals surface area contributed by atoms with E-state index in [4.69, 9.17) is 9.84 Å². The molecule has 0 bridgehead atoms. The van der Waals surface area contributed by atoms with Crippen molar-refractivity contribution >= 4 is 17.6 Å². The maximum Gasteiger partial charge on any atom is 0.335 e. The number of carbonyl (C=O) groups excluding carboxylic acids is 1. The molecule has 0 radical (unpaired) electrons. The Labute approximate surface area is 118 Å². The molecule has 0 aliphatic heterocycles. The number of benzene rings is 1. The molecule has 0 spiro atoms. The van der Waals surface area contributed by atoms with Crippen molar-refractivity contribution in [3.63, 3.8) is 0 Å². The van der Waals surface area contributed by atoms with E-state index in [1.54, 1.807) is 6.07 Å². The second-order valence-corrected chi connectivity index (χ2v) is 5.94. The van der Waals surface area contributed by atoms with Crippen LogP contribution in [0, 0.1) is 5.41 Å². The number of anilines is 1. The Kier molecular flexibility index (Phi) is 5.27. The number of ether oxygens (including phenoxy) is 1. The summed E-state index contributed by atoms with van der Waals surface area (Å²) in [6.45, 7) is 6.20. The van der Waals surface area contributed by atoms with Crippen LogP contribution in [0.2, 0.25) is 0 Å². The van der Waals surface area contributed by atoms with E-state index in [0.717, 1.165) is 0 Å². The summed E-state index contributed by atoms with van der Waals surface area (Å²) in [4.78, 5) is 23.0. The highest BCUT2D eigenvalue weighted by Crippen LogP contribution is 2.21. The van der Waals surface area contributed by atoms with Crippen molar-refractivity contribution in [2.45, 2.75) is 33.8 Å². The van der Waals surface area contributed by atoms with Crippen molar-refractivity contribution in [3.8, 4) is 0 Å². The molecule has 0 aromatic heterocycles. The average Bonchev–Trinajstić information content (AvgIpc) is 2.26. The number of carboxylic acid groups (broad SMARTS) is 1. The predicted molar refractivity (Wildman–Crippen MR) is 76.8 cm³/mol. The van der Waals surface area contributed by atoms with Crippen LogP contribution in [0.25, 0.3) is 0 Å². The molecule has 5 heteroatoms. The predicted octanol–water partition coefficient (Wildman–Crippen LogP) is 2.91. The van der Waals surface area contributed by atoms with Crippen LogP contribution >= 0.6 is 0 Å². The lowest BCUT2D eigenvalue weighted by Gasteiger charge is -2.17. The fraction of sp³-hybridized carbons (Fsp3) is 0.467. The van der Waals surface area contributed by atoms with Crippen LogP contribution in [0.4, 0.5) is 5.69 Å². The molecule has 1 amide bonds. The van der Waals surface area contributed by atoms with Gasteiger partial charge in [0.25, 0.3) is 0 Å². The molecule has 1 aromatic rings. The standard InChI is InChI=1S/C15H21NO4/c1-15(2,3)8-13(17)16-12-6-10(9-20-4)5-11(7-12)14(18)19/h5-7H,8-9H2,1-4H3,(H,16,17)(H,18,19). The van der Waals surface area contributed by atoms with Gasteiger partial charge in [-0.1, -0.05) is 20.8 Å². The monoisotopic (exact) mass is 279 g/mol. The van der Waals surface area contributed by atoms with Crippen LogP contribution in [-0.4, -0.2) is 24.1 Å². The molecule has 0 heterocycles. The fourth-order valence-electron chi connectivity index (χ4n) is 1.82. The van der Waals surface area contributed by atoms with Gasteiger partial charge in [-0.3, -0.25) is 4.79 Å². The number of carboxylic acids is 1. The second-order valence-electron chi connectivity index (χ2n) is 5.94. The Hall–Kier alpha value is -1.88. The molecule has 5 nitrogen and oxygen atoms in total. The maximum absolute atomic E-state index is 11.9. The lowest BCUT2D eigenvalue weighted by atomic mass is 9.92. The van der Waals surface area contributed by atoms with Crippen molar-refractivity contribution < 1.29 is 19.4 Å². The number of hydrogen-bond donors (Lipinski definition) is 2. The molecule has 0 aliphatic rings. The third kappa shape index (κ3) is 5.40. The van der Waals surface area contributed by atoms with Crippen LogP contribution in [-0.2, 0) is 16.1 Å². The smallest absolute Gasteiger partial charge is 0.335 e. The first-order valence-corrected chi connectivity index (χ1v) is 6.37. The number of amides is 1. The summed E-state index contributed by atoms with van der Waals surface area (Å²) in [6.07, 6.45) is 0.365. The number of aromatic carboxylic acids is 1. The van der Waals surface area contributed by atoms with Crippen LogP contribution in [0.5, 0.6) is 0 Å². The molecule has 2 N–H and O–H groups in total. The summed E-state index contributed by atoms with van der Waals surface area (Å²) in [5.74, 6) is -1.17. The largest absolute Gasteiger partial charge is 0.478 e. The highest BCUT2D eigenvalue weighted by Gasteiger charge is 2.16. The first kappa shape index (κ1) is 16.2. The van der Waals surface area contributed by atoms with Gasteiger partial charge in [0.2, 0.25) is 5.91 Å². The van der Waals surface area contributed by atoms with Crippen molar-refractivity contribution in [2.75, 3.05) is 12.4 Å². The zero-order chi connectivity index (χ0) is 15.3. The Bertz CT molecular complexity index is 503. The first-order valence-electron chi connectivity index (χ1n) is 6.37. The van der Waals surface area contributed by atoms with Gasteiger partial charge in [-0.2, -0.15) is 0 Å². The fourth-order valence-corrected chi connectivity index (χ4v) is 1.82. The summed E-state index contributed by atoms with van der Waals surface area (Å²) in [5, 5.41) is 11.8. The zero-order valence-electron chi connectivity index (χ0n) is 12.3. The molecule has 0 saturated heterocycles. The third-order valence-corrected chi connectivity index (χ3v) is 2.53. The molecular weight excluding hydrogens is 258 g/mol. The van der Waals surface area contributed by atoms with Gasteiger partial charge in [0, 0.05) is 19.2 Å². The molecule has 0 atom stereocenters. The minimum Gasteiger partial charge on any atom is -0.478 e. The minimum absolute atomic E-state index is 0.121. The molecule has 1 rings (SSSR count). The van der Waals surface area contributed by atoms with Gasteiger partial charge in [0.05, 0.1) is 12.2 Å². The highest BCUT2D eigenvalue weighted by molar-refractivity contribution is 5.94. The molecular formula is C15H21NO4. The first-order chi connectivity index (χ1) is 9.21. The van der Waals surface area contributed by atoms with Crippen molar-refractivity contribution in [1.29, 1.82) is 0 Å². The van der Waals surface area contributed by atoms with Crippen LogP contribution < -0.4 is 5.32 Å². The Morgan fingerprint density at radius 2 is 1.90 bits per heavy atom. The zero-order valence-corrected chi connectivity index (χ0v) is 12.3. The third-order valence-electron chi connectivity index (χ3n) is 2.53. The Morgan fingerprint density at radius 1 is 1.25 bits per heavy atom. The minimum atomic E-state index is -1.03. The van der Waals surface area contributed by atoms with E-state index < -0.39 is 5.97 Å². The number of methoxy groups -OCH3 is 1. The van der Waals surface area contributed by atoms with Gasteiger partial charge in [-0.25, -0.2) is 4.79 Å². The highest BCUT2D eigenvalue weighted by atomic mass is 16.5. The molecule has 20 heavy (non-hydrogen) atoms. The lowest BCUT2D eigenvalue weighted by molar-refractivity contribution is -0.117. The van der Waals surface area contributed by atoms with E-state index in [1.165, 1.54) is 19.2 Å². The number of hydrogen-bond acceptors (Lipinski definition) is 3. The molecule has 0 unspecified atom stereocenters. The molecule has 0 saturated carbocycles. The lowest BCUT2D eigenvalue weighted by Crippen LogP contribution is -2.20. The average molecular weight is 279 g/mol.